The number of fused-ring (bicyclic) bond motifs is 1. The third-order valence-corrected chi connectivity index (χ3v) is 2.94. The summed E-state index contributed by atoms with van der Waals surface area (Å²) in [6.07, 6.45) is 0.796. The number of nitrogens with one attached hydrogen (secondary N) is 1. The molecule has 0 radical (unpaired) electrons. The molecule has 2 nitrogen and oxygen atoms in total. The van der Waals surface area contributed by atoms with Crippen LogP contribution in [0.5, 0.6) is 0 Å². The number of halogens is 2. The maximum absolute atomic E-state index is 13.3. The summed E-state index contributed by atoms with van der Waals surface area (Å²) >= 11 is 0. The van der Waals surface area contributed by atoms with Gasteiger partial charge in [0.05, 0.1) is 5.52 Å². The van der Waals surface area contributed by atoms with Gasteiger partial charge in [0.2, 0.25) is 0 Å². The van der Waals surface area contributed by atoms with Crippen molar-refractivity contribution in [2.24, 2.45) is 0 Å². The highest BCUT2D eigenvalue weighted by atomic mass is 19.2. The Morgan fingerprint density at radius 3 is 2.47 bits per heavy atom. The van der Waals surface area contributed by atoms with Crippen LogP contribution in [-0.2, 0) is 6.42 Å². The number of aromatic nitrogens is 1. The van der Waals surface area contributed by atoms with Gasteiger partial charge in [-0.15, -0.1) is 0 Å². The predicted octanol–water partition coefficient (Wildman–Crippen LogP) is 3.43. The van der Waals surface area contributed by atoms with E-state index < -0.39 is 11.6 Å². The van der Waals surface area contributed by atoms with Crippen LogP contribution in [0.15, 0.2) is 12.1 Å². The van der Waals surface area contributed by atoms with Gasteiger partial charge in [0.25, 0.3) is 0 Å². The maximum atomic E-state index is 13.3. The van der Waals surface area contributed by atoms with Gasteiger partial charge in [0.15, 0.2) is 11.6 Å². The highest BCUT2D eigenvalue weighted by molar-refractivity contribution is 5.93. The Labute approximate surface area is 98.7 Å². The quantitative estimate of drug-likeness (QED) is 0.864. The summed E-state index contributed by atoms with van der Waals surface area (Å²) in [5.41, 5.74) is 3.18. The summed E-state index contributed by atoms with van der Waals surface area (Å²) in [5, 5.41) is 3.67. The average Bonchev–Trinajstić information content (AvgIpc) is 2.30. The van der Waals surface area contributed by atoms with Crippen molar-refractivity contribution in [2.75, 3.05) is 12.4 Å². The fraction of sp³-hybridized carbons (Fsp3) is 0.308. The van der Waals surface area contributed by atoms with E-state index in [2.05, 4.69) is 10.3 Å². The van der Waals surface area contributed by atoms with E-state index in [1.54, 1.807) is 7.05 Å². The van der Waals surface area contributed by atoms with Crippen LogP contribution in [0, 0.1) is 18.6 Å². The van der Waals surface area contributed by atoms with Gasteiger partial charge in [0, 0.05) is 29.9 Å². The van der Waals surface area contributed by atoms with Crippen LogP contribution in [0.2, 0.25) is 0 Å². The average molecular weight is 236 g/mol. The first-order chi connectivity index (χ1) is 8.08. The second-order valence-electron chi connectivity index (χ2n) is 3.94. The Hall–Kier alpha value is -1.71. The molecular weight excluding hydrogens is 222 g/mol. The zero-order valence-electron chi connectivity index (χ0n) is 10.1. The van der Waals surface area contributed by atoms with E-state index in [9.17, 15) is 8.78 Å². The third-order valence-electron chi connectivity index (χ3n) is 2.94. The molecule has 90 valence electrons. The summed E-state index contributed by atoms with van der Waals surface area (Å²) in [7, 11) is 1.77. The van der Waals surface area contributed by atoms with E-state index in [1.807, 2.05) is 13.8 Å². The molecule has 0 unspecified atom stereocenters. The summed E-state index contributed by atoms with van der Waals surface area (Å²) in [6, 6.07) is 2.33. The van der Waals surface area contributed by atoms with E-state index in [4.69, 9.17) is 0 Å². The molecule has 0 bridgehead atoms. The molecule has 0 atom stereocenters. The second-order valence-corrected chi connectivity index (χ2v) is 3.94. The highest BCUT2D eigenvalue weighted by Crippen LogP contribution is 2.29. The minimum absolute atomic E-state index is 0.475. The van der Waals surface area contributed by atoms with Gasteiger partial charge >= 0.3 is 0 Å². The minimum atomic E-state index is -0.865. The molecule has 1 aromatic heterocycles. The molecule has 0 spiro atoms. The zero-order valence-corrected chi connectivity index (χ0v) is 10.1. The van der Waals surface area contributed by atoms with Crippen molar-refractivity contribution in [3.8, 4) is 0 Å². The van der Waals surface area contributed by atoms with Gasteiger partial charge in [-0.25, -0.2) is 8.78 Å². The van der Waals surface area contributed by atoms with Crippen LogP contribution in [0.1, 0.15) is 18.2 Å². The van der Waals surface area contributed by atoms with E-state index in [0.717, 1.165) is 29.4 Å². The van der Waals surface area contributed by atoms with Crippen molar-refractivity contribution >= 4 is 16.6 Å². The number of hydrogen-bond donors (Lipinski definition) is 1. The predicted molar refractivity (Wildman–Crippen MR) is 65.3 cm³/mol. The second kappa shape index (κ2) is 4.28. The molecule has 1 heterocycles. The molecule has 0 saturated heterocycles. The summed E-state index contributed by atoms with van der Waals surface area (Å²) in [6.45, 7) is 3.89. The van der Waals surface area contributed by atoms with Crippen molar-refractivity contribution in [3.05, 3.63) is 35.0 Å². The molecule has 4 heteroatoms. The van der Waals surface area contributed by atoms with Crippen molar-refractivity contribution in [1.82, 2.24) is 4.98 Å². The fourth-order valence-corrected chi connectivity index (χ4v) is 2.14. The number of rotatable bonds is 2. The van der Waals surface area contributed by atoms with Crippen LogP contribution in [-0.4, -0.2) is 12.0 Å². The van der Waals surface area contributed by atoms with Crippen molar-refractivity contribution in [3.63, 3.8) is 0 Å². The number of hydrogen-bond acceptors (Lipinski definition) is 2. The Kier molecular flexibility index (Phi) is 2.96. The van der Waals surface area contributed by atoms with Crippen LogP contribution >= 0.6 is 0 Å². The van der Waals surface area contributed by atoms with E-state index in [-0.39, 0.29) is 0 Å². The molecule has 0 aliphatic carbocycles. The Bertz CT molecular complexity index is 579. The molecule has 2 aromatic rings. The molecule has 0 amide bonds. The number of benzene rings is 1. The van der Waals surface area contributed by atoms with Gasteiger partial charge in [0.1, 0.15) is 0 Å². The lowest BCUT2D eigenvalue weighted by atomic mass is 10.0. The zero-order chi connectivity index (χ0) is 12.6. The van der Waals surface area contributed by atoms with E-state index >= 15 is 0 Å². The molecule has 0 aliphatic heterocycles. The molecule has 0 aliphatic rings. The summed E-state index contributed by atoms with van der Waals surface area (Å²) in [4.78, 5) is 4.31. The minimum Gasteiger partial charge on any atom is -0.387 e. The van der Waals surface area contributed by atoms with E-state index in [1.165, 1.54) is 6.07 Å². The van der Waals surface area contributed by atoms with Gasteiger partial charge < -0.3 is 5.32 Å². The number of anilines is 1. The lowest BCUT2D eigenvalue weighted by Crippen LogP contribution is -2.02. The Morgan fingerprint density at radius 2 is 1.88 bits per heavy atom. The smallest absolute Gasteiger partial charge is 0.161 e. The lowest BCUT2D eigenvalue weighted by Gasteiger charge is -2.14. The molecule has 1 aromatic carbocycles. The molecule has 0 saturated carbocycles. The lowest BCUT2D eigenvalue weighted by molar-refractivity contribution is 0.510. The largest absolute Gasteiger partial charge is 0.387 e. The van der Waals surface area contributed by atoms with Crippen LogP contribution in [0.3, 0.4) is 0 Å². The van der Waals surface area contributed by atoms with Crippen LogP contribution in [0.4, 0.5) is 14.5 Å². The number of nitrogens with zero attached hydrogens (tertiary/aromatic N) is 1. The molecule has 0 fully saturated rings. The molecular formula is C13H14F2N2. The van der Waals surface area contributed by atoms with Crippen LogP contribution in [0.25, 0.3) is 10.9 Å². The van der Waals surface area contributed by atoms with Crippen LogP contribution < -0.4 is 5.32 Å². The first-order valence-corrected chi connectivity index (χ1v) is 5.54. The van der Waals surface area contributed by atoms with Crippen molar-refractivity contribution in [1.29, 1.82) is 0 Å². The van der Waals surface area contributed by atoms with Gasteiger partial charge in [-0.1, -0.05) is 6.92 Å². The maximum Gasteiger partial charge on any atom is 0.161 e. The van der Waals surface area contributed by atoms with Crippen molar-refractivity contribution in [2.45, 2.75) is 20.3 Å². The molecule has 2 rings (SSSR count). The van der Waals surface area contributed by atoms with Gasteiger partial charge in [-0.05, 0) is 25.0 Å². The monoisotopic (exact) mass is 236 g/mol. The van der Waals surface area contributed by atoms with Gasteiger partial charge in [-0.3, -0.25) is 4.98 Å². The summed E-state index contributed by atoms with van der Waals surface area (Å²) < 4.78 is 26.4. The standard InChI is InChI=1S/C13H14F2N2/c1-4-8-7(2)17-12-6-11(15)10(14)5-9(12)13(8)16-3/h5-6H,4H2,1-3H3,(H,16,17). The summed E-state index contributed by atoms with van der Waals surface area (Å²) in [5.74, 6) is -1.71. The molecule has 1 N–H and O–H groups in total. The third kappa shape index (κ3) is 1.84. The first kappa shape index (κ1) is 11.8. The topological polar surface area (TPSA) is 24.9 Å². The van der Waals surface area contributed by atoms with Gasteiger partial charge in [-0.2, -0.15) is 0 Å². The Morgan fingerprint density at radius 1 is 1.24 bits per heavy atom. The molecule has 17 heavy (non-hydrogen) atoms. The SMILES string of the molecule is CCc1c(C)nc2cc(F)c(F)cc2c1NC. The van der Waals surface area contributed by atoms with Crippen molar-refractivity contribution < 1.29 is 8.78 Å². The first-order valence-electron chi connectivity index (χ1n) is 5.54. The fourth-order valence-electron chi connectivity index (χ4n) is 2.14. The Balaban J connectivity index is 2.89. The normalized spacial score (nSPS) is 10.9. The van der Waals surface area contributed by atoms with E-state index in [0.29, 0.717) is 10.9 Å². The number of pyridine rings is 1. The highest BCUT2D eigenvalue weighted by Gasteiger charge is 2.13. The number of aryl methyl sites for hydroxylation is 1.